The topological polar surface area (TPSA) is 108 Å². The summed E-state index contributed by atoms with van der Waals surface area (Å²) in [5.74, 6) is -0.840. The molecule has 0 aliphatic rings. The average Bonchev–Trinajstić information content (AvgIpc) is 3.34. The van der Waals surface area contributed by atoms with Crippen molar-refractivity contribution in [3.05, 3.63) is 60.8 Å². The Morgan fingerprint density at radius 2 is 0.792 bits per heavy atom. The van der Waals surface area contributed by atoms with E-state index < -0.39 is 26.5 Å². The summed E-state index contributed by atoms with van der Waals surface area (Å²) in [5.41, 5.74) is 0. The Hall–Kier alpha value is -2.29. The van der Waals surface area contributed by atoms with E-state index in [1.807, 2.05) is 21.1 Å². The fourth-order valence-electron chi connectivity index (χ4n) is 8.41. The average molecular weight is 1030 g/mol. The third-order valence-corrected chi connectivity index (χ3v) is 14.0. The molecule has 420 valence electrons. The number of rotatable bonds is 55. The number of carbonyl (C=O) groups is 2. The zero-order valence-corrected chi connectivity index (χ0v) is 48.6. The minimum absolute atomic E-state index is 0.0227. The molecule has 0 heterocycles. The second-order valence-corrected chi connectivity index (χ2v) is 22.8. The molecule has 9 nitrogen and oxygen atoms in total. The van der Waals surface area contributed by atoms with Gasteiger partial charge in [-0.25, -0.2) is 4.57 Å². The van der Waals surface area contributed by atoms with Crippen molar-refractivity contribution >= 4 is 19.8 Å². The SMILES string of the molecule is CC/C=C\C/C=C\C/C=C\C/C=C\CCCCC(=O)OC(COC(=O)CCCCCCCCCCCCCCCCCCCCCCC/C=C\CCCCCCCCCC)COP(=O)(O)OCC[N+](C)(C)C. The first-order valence-corrected chi connectivity index (χ1v) is 31.5. The molecule has 0 aromatic heterocycles. The molecule has 0 saturated carbocycles. The van der Waals surface area contributed by atoms with E-state index in [-0.39, 0.29) is 32.0 Å². The van der Waals surface area contributed by atoms with E-state index >= 15 is 0 Å². The van der Waals surface area contributed by atoms with Crippen LogP contribution in [0.2, 0.25) is 0 Å². The maximum Gasteiger partial charge on any atom is 0.472 e. The molecule has 0 amide bonds. The molecule has 10 heteroatoms. The van der Waals surface area contributed by atoms with Gasteiger partial charge >= 0.3 is 19.8 Å². The lowest BCUT2D eigenvalue weighted by atomic mass is 10.0. The molecule has 0 aliphatic carbocycles. The molecule has 0 aliphatic heterocycles. The second-order valence-electron chi connectivity index (χ2n) is 21.4. The number of allylic oxidation sites excluding steroid dienone is 10. The summed E-state index contributed by atoms with van der Waals surface area (Å²) >= 11 is 0. The molecule has 72 heavy (non-hydrogen) atoms. The predicted octanol–water partition coefficient (Wildman–Crippen LogP) is 18.7. The summed E-state index contributed by atoms with van der Waals surface area (Å²) in [6, 6.07) is 0. The zero-order chi connectivity index (χ0) is 52.7. The largest absolute Gasteiger partial charge is 0.472 e. The van der Waals surface area contributed by atoms with Crippen LogP contribution in [0.5, 0.6) is 0 Å². The van der Waals surface area contributed by atoms with Crippen LogP contribution in [-0.4, -0.2) is 74.9 Å². The van der Waals surface area contributed by atoms with E-state index in [2.05, 4.69) is 74.6 Å². The summed E-state index contributed by atoms with van der Waals surface area (Å²) in [6.07, 6.45) is 69.0. The lowest BCUT2D eigenvalue weighted by molar-refractivity contribution is -0.870. The van der Waals surface area contributed by atoms with Gasteiger partial charge in [0.2, 0.25) is 0 Å². The first kappa shape index (κ1) is 69.7. The van der Waals surface area contributed by atoms with Gasteiger partial charge in [0.1, 0.15) is 19.8 Å². The van der Waals surface area contributed by atoms with Crippen molar-refractivity contribution in [2.45, 2.75) is 277 Å². The summed E-state index contributed by atoms with van der Waals surface area (Å²) in [6.45, 7) is 4.29. The molecule has 0 aromatic carbocycles. The highest BCUT2D eigenvalue weighted by Crippen LogP contribution is 2.43. The summed E-state index contributed by atoms with van der Waals surface area (Å²) in [5, 5.41) is 0. The van der Waals surface area contributed by atoms with Gasteiger partial charge < -0.3 is 18.9 Å². The lowest BCUT2D eigenvalue weighted by Crippen LogP contribution is -2.37. The van der Waals surface area contributed by atoms with Crippen molar-refractivity contribution in [2.24, 2.45) is 0 Å². The van der Waals surface area contributed by atoms with Crippen molar-refractivity contribution in [1.29, 1.82) is 0 Å². The summed E-state index contributed by atoms with van der Waals surface area (Å²) in [7, 11) is 1.45. The Morgan fingerprint density at radius 3 is 1.22 bits per heavy atom. The molecule has 0 radical (unpaired) electrons. The fourth-order valence-corrected chi connectivity index (χ4v) is 9.16. The highest BCUT2D eigenvalue weighted by molar-refractivity contribution is 7.47. The van der Waals surface area contributed by atoms with Crippen molar-refractivity contribution in [1.82, 2.24) is 0 Å². The van der Waals surface area contributed by atoms with Gasteiger partial charge in [-0.05, 0) is 77.0 Å². The van der Waals surface area contributed by atoms with E-state index in [4.69, 9.17) is 18.5 Å². The van der Waals surface area contributed by atoms with Gasteiger partial charge in [-0.1, -0.05) is 242 Å². The lowest BCUT2D eigenvalue weighted by Gasteiger charge is -2.24. The zero-order valence-electron chi connectivity index (χ0n) is 47.7. The molecule has 1 N–H and O–H groups in total. The van der Waals surface area contributed by atoms with Gasteiger partial charge in [0.05, 0.1) is 27.7 Å². The van der Waals surface area contributed by atoms with E-state index in [0.717, 1.165) is 57.8 Å². The number of quaternary nitrogens is 1. The molecule has 0 fully saturated rings. The first-order chi connectivity index (χ1) is 35.0. The summed E-state index contributed by atoms with van der Waals surface area (Å²) in [4.78, 5) is 35.6. The number of unbranched alkanes of at least 4 members (excludes halogenated alkanes) is 31. The molecule has 2 atom stereocenters. The maximum absolute atomic E-state index is 12.7. The third kappa shape index (κ3) is 57.0. The van der Waals surface area contributed by atoms with Crippen LogP contribution in [0.25, 0.3) is 0 Å². The van der Waals surface area contributed by atoms with E-state index in [9.17, 15) is 19.0 Å². The Morgan fingerprint density at radius 1 is 0.444 bits per heavy atom. The van der Waals surface area contributed by atoms with Gasteiger partial charge in [0.25, 0.3) is 0 Å². The van der Waals surface area contributed by atoms with Crippen LogP contribution in [0.3, 0.4) is 0 Å². The van der Waals surface area contributed by atoms with Crippen LogP contribution in [0.1, 0.15) is 271 Å². The van der Waals surface area contributed by atoms with E-state index in [1.165, 1.54) is 180 Å². The number of phosphoric ester groups is 1. The smallest absolute Gasteiger partial charge is 0.462 e. The Labute approximate surface area is 445 Å². The number of nitrogens with zero attached hydrogens (tertiary/aromatic N) is 1. The quantitative estimate of drug-likeness (QED) is 0.0211. The minimum Gasteiger partial charge on any atom is -0.462 e. The molecular weight excluding hydrogens is 918 g/mol. The van der Waals surface area contributed by atoms with Gasteiger partial charge in [-0.15, -0.1) is 0 Å². The van der Waals surface area contributed by atoms with Crippen LogP contribution in [-0.2, 0) is 32.7 Å². The normalized spacial score (nSPS) is 13.7. The number of ether oxygens (including phenoxy) is 2. The molecule has 0 spiro atoms. The molecular formula is C62H115NO8P+. The second kappa shape index (κ2) is 53.5. The standard InChI is InChI=1S/C62H114NO8P/c1-6-8-10-12-14-16-18-20-22-23-24-25-26-27-28-29-30-31-32-33-34-35-36-37-38-39-41-42-44-46-48-50-52-54-61(64)68-58-60(59-70-72(66,67)69-57-56-63(3,4)5)71-62(65)55-53-51-49-47-45-43-40-21-19-17-15-13-11-9-7-2/h9,11,15,17,21,23-24,40,45,47,60H,6-8,10,12-14,16,18-20,22,25-39,41-44,46,48-59H2,1-5H3/p+1/b11-9-,17-15-,24-23-,40-21-,47-45-. The number of hydrogen-bond acceptors (Lipinski definition) is 7. The minimum atomic E-state index is -4.40. The van der Waals surface area contributed by atoms with Gasteiger partial charge in [0, 0.05) is 12.8 Å². The van der Waals surface area contributed by atoms with Crippen LogP contribution in [0.4, 0.5) is 0 Å². The highest BCUT2D eigenvalue weighted by atomic mass is 31.2. The highest BCUT2D eigenvalue weighted by Gasteiger charge is 2.27. The molecule has 0 aromatic rings. The maximum atomic E-state index is 12.7. The number of hydrogen-bond donors (Lipinski definition) is 1. The van der Waals surface area contributed by atoms with E-state index in [0.29, 0.717) is 17.4 Å². The fraction of sp³-hybridized carbons (Fsp3) is 0.806. The van der Waals surface area contributed by atoms with E-state index in [1.54, 1.807) is 0 Å². The molecule has 2 unspecified atom stereocenters. The van der Waals surface area contributed by atoms with Crippen molar-refractivity contribution in [2.75, 3.05) is 47.5 Å². The van der Waals surface area contributed by atoms with Crippen LogP contribution in [0, 0.1) is 0 Å². The van der Waals surface area contributed by atoms with Crippen molar-refractivity contribution in [3.8, 4) is 0 Å². The number of carbonyl (C=O) groups excluding carboxylic acids is 2. The Bertz CT molecular complexity index is 1400. The third-order valence-electron chi connectivity index (χ3n) is 13.0. The Kier molecular flexibility index (Phi) is 51.8. The predicted molar refractivity (Wildman–Crippen MR) is 307 cm³/mol. The molecule has 0 rings (SSSR count). The summed E-state index contributed by atoms with van der Waals surface area (Å²) < 4.78 is 34.5. The van der Waals surface area contributed by atoms with Crippen LogP contribution >= 0.6 is 7.82 Å². The number of phosphoric acid groups is 1. The van der Waals surface area contributed by atoms with Crippen LogP contribution in [0.15, 0.2) is 60.8 Å². The number of esters is 2. The first-order valence-electron chi connectivity index (χ1n) is 30.0. The monoisotopic (exact) mass is 1030 g/mol. The van der Waals surface area contributed by atoms with Gasteiger partial charge in [-0.3, -0.25) is 18.6 Å². The molecule has 0 saturated heterocycles. The van der Waals surface area contributed by atoms with Gasteiger partial charge in [-0.2, -0.15) is 0 Å². The van der Waals surface area contributed by atoms with Gasteiger partial charge in [0.15, 0.2) is 6.10 Å². The molecule has 0 bridgehead atoms. The Balaban J connectivity index is 4.00. The number of likely N-dealkylation sites (N-methyl/N-ethyl adjacent to an activating group) is 1. The van der Waals surface area contributed by atoms with Crippen molar-refractivity contribution in [3.63, 3.8) is 0 Å². The van der Waals surface area contributed by atoms with Crippen LogP contribution < -0.4 is 0 Å². The van der Waals surface area contributed by atoms with Crippen molar-refractivity contribution < 1.29 is 42.1 Å².